The summed E-state index contributed by atoms with van der Waals surface area (Å²) in [6.45, 7) is 29.4. The molecular formula is C100H116ClF4N17O13. The van der Waals surface area contributed by atoms with Crippen LogP contribution in [0.2, 0.25) is 5.02 Å². The number of piperazine rings is 3. The van der Waals surface area contributed by atoms with E-state index in [4.69, 9.17) is 92.3 Å². The van der Waals surface area contributed by atoms with Crippen LogP contribution in [0.5, 0.6) is 18.0 Å². The Labute approximate surface area is 789 Å². The summed E-state index contributed by atoms with van der Waals surface area (Å²) in [6.07, 6.45) is 0.0331. The number of likely N-dealkylation sites (N-methyl/N-ethyl adjacent to an activating group) is 3. The maximum atomic E-state index is 14.7. The van der Waals surface area contributed by atoms with Crippen LogP contribution in [-0.4, -0.2) is 264 Å². The SMILES string of the molecule is CN1CCC[C@H]1COc1nc2c(c(N3CCN(C(=O)OC(C)(C)C)C[C@@H]3CO)n1)COC(c1ccccc1C(F)(F)F)C2.[C-]#[N+]C[C@H]1CN(c2nc(OC[C@@H]3CCCN3C)nc3c2COC(c2ccccc2F)C3)CCN1C(=O)OCc1ccccc1.[C-]#[N+]C[C@H]1CN(c2nc(OC[C@@H]3CCCN3C)nc3c2CO[C@H](c2cccc4cccc(Cl)c24)C3)CCN1C(=O)OCc1ccccc1. The Morgan fingerprint density at radius 1 is 0.481 bits per heavy atom. The van der Waals surface area contributed by atoms with Gasteiger partial charge in [0.15, 0.2) is 0 Å². The molecule has 12 heterocycles. The predicted octanol–water partition coefficient (Wildman–Crippen LogP) is 15.2. The number of likely N-dealkylation sites (tertiary alicyclic amines) is 3. The Hall–Kier alpha value is -11.9. The van der Waals surface area contributed by atoms with Gasteiger partial charge in [-0.3, -0.25) is 9.80 Å². The normalized spacial score (nSPS) is 22.1. The fourth-order valence-corrected chi connectivity index (χ4v) is 19.5. The topological polar surface area (TPSA) is 270 Å². The summed E-state index contributed by atoms with van der Waals surface area (Å²) in [6, 6.07) is 43.6. The Balaban J connectivity index is 0.000000147. The number of halogens is 5. The maximum Gasteiger partial charge on any atom is 0.416 e. The number of fused-ring (bicyclic) bond motifs is 4. The lowest BCUT2D eigenvalue weighted by Gasteiger charge is -2.42. The molecule has 0 radical (unpaired) electrons. The van der Waals surface area contributed by atoms with Crippen molar-refractivity contribution in [2.24, 2.45) is 0 Å². The number of ether oxygens (including phenoxy) is 9. The van der Waals surface area contributed by atoms with Gasteiger partial charge in [-0.1, -0.05) is 139 Å². The maximum absolute atomic E-state index is 14.7. The number of hydrogen-bond donors (Lipinski definition) is 1. The highest BCUT2D eigenvalue weighted by atomic mass is 35.5. The van der Waals surface area contributed by atoms with Crippen LogP contribution >= 0.6 is 11.6 Å². The fourth-order valence-electron chi connectivity index (χ4n) is 19.2. The molecule has 9 aliphatic heterocycles. The van der Waals surface area contributed by atoms with Gasteiger partial charge < -0.3 is 91.7 Å². The second-order valence-corrected chi connectivity index (χ2v) is 37.0. The summed E-state index contributed by atoms with van der Waals surface area (Å²) in [5, 5.41) is 13.1. The molecule has 9 aliphatic rings. The van der Waals surface area contributed by atoms with Crippen LogP contribution in [0.4, 0.5) is 49.4 Å². The molecule has 9 aromatic rings. The average Bonchev–Trinajstić information content (AvgIpc) is 1.17. The Morgan fingerprint density at radius 2 is 0.911 bits per heavy atom. The number of nitrogens with zero attached hydrogens (tertiary/aromatic N) is 17. The van der Waals surface area contributed by atoms with E-state index in [0.29, 0.717) is 143 Å². The quantitative estimate of drug-likeness (QED) is 0.0375. The lowest BCUT2D eigenvalue weighted by molar-refractivity contribution is -0.139. The van der Waals surface area contributed by atoms with Crippen LogP contribution in [0.3, 0.4) is 0 Å². The van der Waals surface area contributed by atoms with E-state index in [2.05, 4.69) is 71.5 Å². The molecule has 3 aromatic heterocycles. The minimum atomic E-state index is -4.53. The molecule has 0 bridgehead atoms. The molecule has 0 saturated carbocycles. The fraction of sp³-hybridized carbons (Fsp3) is 0.490. The predicted molar refractivity (Wildman–Crippen MR) is 498 cm³/mol. The van der Waals surface area contributed by atoms with Crippen molar-refractivity contribution < 1.29 is 79.7 Å². The summed E-state index contributed by atoms with van der Waals surface area (Å²) in [7, 11) is 6.26. The van der Waals surface area contributed by atoms with Crippen LogP contribution in [0.25, 0.3) is 20.5 Å². The smallest absolute Gasteiger partial charge is 0.416 e. The molecule has 9 atom stereocenters. The van der Waals surface area contributed by atoms with Crippen LogP contribution in [0, 0.1) is 19.0 Å². The van der Waals surface area contributed by atoms with Gasteiger partial charge in [-0.05, 0) is 146 Å². The van der Waals surface area contributed by atoms with Crippen molar-refractivity contribution in [2.45, 2.75) is 178 Å². The standard InChI is InChI=1S/C37H39ClN6O4.C33H37FN6O4.C30H40F3N5O5/c1-39-20-28-21-43(17-18-44(28)37(45)48-22-25-9-4-3-5-10-25)35-30-24-46-33(29-14-6-11-26-12-7-15-31(38)34(26)29)19-32(30)40-36(41-35)47-23-27-13-8-16-42(27)2;1-35-18-25-19-39(15-16-40(25)33(41)44-20-23-9-4-3-5-10-23)31-27-22-42-30(26-12-6-7-13-28(26)34)17-29(27)36-32(37-31)43-21-24-11-8-14-38(24)2;1-29(2,3)43-28(40)37-12-13-38(20(15-37)16-39)26-22-18-41-25(21-9-5-6-10-23(21)30(31,32)33)14-24(22)34-27(35-26)42-17-19-8-7-11-36(19)4/h3-7,9-12,14-15,27-28,33H,8,13,16-24H2,2H3;3-7,9-10,12-13,24-25,30H,8,11,14-22H2,2H3;5-6,9-10,19-20,25,39H,7-8,11-18H2,1-4H3/t27-,28-,33-;24-,25-,30?;19-,20+,25?/m000/s1. The van der Waals surface area contributed by atoms with Gasteiger partial charge in [0.1, 0.15) is 74.0 Å². The summed E-state index contributed by atoms with van der Waals surface area (Å²) in [5.74, 6) is 1.58. The van der Waals surface area contributed by atoms with Crippen LogP contribution in [0.1, 0.15) is 145 Å². The summed E-state index contributed by atoms with van der Waals surface area (Å²) in [5.41, 5.74) is 6.53. The van der Waals surface area contributed by atoms with Gasteiger partial charge in [0, 0.05) is 129 Å². The second kappa shape index (κ2) is 43.9. The molecule has 18 rings (SSSR count). The number of carbonyl (C=O) groups is 3. The molecule has 35 heteroatoms. The van der Waals surface area contributed by atoms with E-state index in [1.54, 1.807) is 59.7 Å². The van der Waals surface area contributed by atoms with Crippen LogP contribution in [-0.2, 0) is 86.9 Å². The third-order valence-corrected chi connectivity index (χ3v) is 26.9. The number of hydrogen-bond acceptors (Lipinski definition) is 25. The van der Waals surface area contributed by atoms with E-state index in [1.807, 2.05) is 90.8 Å². The molecule has 0 aliphatic carbocycles. The minimum Gasteiger partial charge on any atom is -0.462 e. The second-order valence-electron chi connectivity index (χ2n) is 36.6. The van der Waals surface area contributed by atoms with Crippen molar-refractivity contribution in [3.63, 3.8) is 0 Å². The number of benzene rings is 6. The van der Waals surface area contributed by atoms with Gasteiger partial charge in [-0.15, -0.1) is 0 Å². The first kappa shape index (κ1) is 96.3. The van der Waals surface area contributed by atoms with Crippen molar-refractivity contribution >= 4 is 58.1 Å². The van der Waals surface area contributed by atoms with Crippen molar-refractivity contribution in [2.75, 3.05) is 154 Å². The highest BCUT2D eigenvalue weighted by Crippen LogP contribution is 2.45. The Bertz CT molecular complexity index is 5700. The Kier molecular flexibility index (Phi) is 31.3. The summed E-state index contributed by atoms with van der Waals surface area (Å²) in [4.78, 5) is 93.2. The molecule has 0 spiro atoms. The number of aliphatic hydroxyl groups is 1. The lowest BCUT2D eigenvalue weighted by atomic mass is 9.94. The number of aliphatic hydroxyl groups excluding tert-OH is 1. The first-order chi connectivity index (χ1) is 65.3. The number of aromatic nitrogens is 6. The Morgan fingerprint density at radius 3 is 1.36 bits per heavy atom. The zero-order valence-corrected chi connectivity index (χ0v) is 77.8. The highest BCUT2D eigenvalue weighted by molar-refractivity contribution is 6.35. The van der Waals surface area contributed by atoms with Crippen molar-refractivity contribution in [1.82, 2.24) is 59.3 Å². The number of amides is 3. The largest absolute Gasteiger partial charge is 0.462 e. The molecule has 135 heavy (non-hydrogen) atoms. The van der Waals surface area contributed by atoms with Gasteiger partial charge in [0.05, 0.1) is 73.4 Å². The minimum absolute atomic E-state index is 0.0163. The van der Waals surface area contributed by atoms with Gasteiger partial charge in [-0.25, -0.2) is 31.9 Å². The molecule has 30 nitrogen and oxygen atoms in total. The monoisotopic (exact) mass is 1870 g/mol. The van der Waals surface area contributed by atoms with E-state index >= 15 is 0 Å². The third kappa shape index (κ3) is 23.5. The molecule has 6 fully saturated rings. The number of anilines is 3. The van der Waals surface area contributed by atoms with E-state index in [-0.39, 0.29) is 107 Å². The van der Waals surface area contributed by atoms with Crippen LogP contribution < -0.4 is 28.9 Å². The molecule has 6 saturated heterocycles. The average molecular weight is 1880 g/mol. The number of carbonyl (C=O) groups excluding carboxylic acids is 3. The van der Waals surface area contributed by atoms with Gasteiger partial charge in [0.2, 0.25) is 13.1 Å². The summed E-state index contributed by atoms with van der Waals surface area (Å²) >= 11 is 6.70. The number of alkyl halides is 3. The molecule has 3 amide bonds. The van der Waals surface area contributed by atoms with Crippen molar-refractivity contribution in [3.8, 4) is 18.0 Å². The first-order valence-corrected chi connectivity index (χ1v) is 46.8. The summed E-state index contributed by atoms with van der Waals surface area (Å²) < 4.78 is 110. The van der Waals surface area contributed by atoms with E-state index in [0.717, 1.165) is 120 Å². The molecule has 714 valence electrons. The van der Waals surface area contributed by atoms with Crippen molar-refractivity contribution in [1.29, 1.82) is 0 Å². The van der Waals surface area contributed by atoms with E-state index < -0.39 is 53.9 Å². The van der Waals surface area contributed by atoms with E-state index in [1.165, 1.54) is 18.2 Å². The molecule has 1 N–H and O–H groups in total. The third-order valence-electron chi connectivity index (χ3n) is 26.6. The van der Waals surface area contributed by atoms with Gasteiger partial charge >= 0.3 is 42.5 Å². The first-order valence-electron chi connectivity index (χ1n) is 46.4. The van der Waals surface area contributed by atoms with Crippen LogP contribution in [0.15, 0.2) is 146 Å². The van der Waals surface area contributed by atoms with Gasteiger partial charge in [0.25, 0.3) is 0 Å². The molecule has 6 aromatic carbocycles. The number of rotatable bonds is 22. The van der Waals surface area contributed by atoms with Gasteiger partial charge in [-0.2, -0.15) is 43.1 Å². The van der Waals surface area contributed by atoms with E-state index in [9.17, 15) is 37.1 Å². The molecular weight excluding hydrogens is 1760 g/mol. The zero-order chi connectivity index (χ0) is 94.4. The lowest BCUT2D eigenvalue weighted by Crippen LogP contribution is -2.57. The zero-order valence-electron chi connectivity index (χ0n) is 77.0. The van der Waals surface area contributed by atoms with Crippen molar-refractivity contribution in [3.05, 3.63) is 246 Å². The highest BCUT2D eigenvalue weighted by Gasteiger charge is 2.44. The molecule has 2 unspecified atom stereocenters.